The van der Waals surface area contributed by atoms with Crippen LogP contribution in [-0.4, -0.2) is 11.6 Å². The van der Waals surface area contributed by atoms with Gasteiger partial charge in [-0.05, 0) is 24.0 Å². The van der Waals surface area contributed by atoms with Gasteiger partial charge in [-0.2, -0.15) is 0 Å². The van der Waals surface area contributed by atoms with Crippen LogP contribution in [0.2, 0.25) is 0 Å². The molecule has 0 aromatic heterocycles. The first-order valence-electron chi connectivity index (χ1n) is 6.92. The van der Waals surface area contributed by atoms with Crippen molar-refractivity contribution in [2.75, 3.05) is 0 Å². The van der Waals surface area contributed by atoms with Crippen molar-refractivity contribution in [3.05, 3.63) is 70.8 Å². The molecule has 0 N–H and O–H groups in total. The zero-order chi connectivity index (χ0) is 14.5. The van der Waals surface area contributed by atoms with Crippen LogP contribution in [-0.2, 0) is 12.8 Å². The highest BCUT2D eigenvalue weighted by molar-refractivity contribution is 6.49. The third-order valence-corrected chi connectivity index (χ3v) is 3.45. The lowest BCUT2D eigenvalue weighted by Crippen LogP contribution is -2.14. The van der Waals surface area contributed by atoms with Crippen LogP contribution in [0.4, 0.5) is 0 Å². The molecule has 2 heteroatoms. The van der Waals surface area contributed by atoms with Gasteiger partial charge >= 0.3 is 0 Å². The number of carbonyl (C=O) groups excluding carboxylic acids is 2. The van der Waals surface area contributed by atoms with E-state index >= 15 is 0 Å². The molecule has 20 heavy (non-hydrogen) atoms. The molecule has 0 atom stereocenters. The molecule has 0 saturated heterocycles. The third kappa shape index (κ3) is 3.02. The molecule has 0 bridgehead atoms. The highest BCUT2D eigenvalue weighted by Gasteiger charge is 2.17. The average Bonchev–Trinajstić information content (AvgIpc) is 2.53. The van der Waals surface area contributed by atoms with Crippen LogP contribution < -0.4 is 0 Å². The van der Waals surface area contributed by atoms with Crippen molar-refractivity contribution in [2.24, 2.45) is 0 Å². The lowest BCUT2D eigenvalue weighted by Gasteiger charge is -2.03. The van der Waals surface area contributed by atoms with Gasteiger partial charge in [0.25, 0.3) is 0 Å². The van der Waals surface area contributed by atoms with Crippen LogP contribution in [0.5, 0.6) is 0 Å². The summed E-state index contributed by atoms with van der Waals surface area (Å²) < 4.78 is 0. The normalized spacial score (nSPS) is 10.3. The lowest BCUT2D eigenvalue weighted by atomic mass is 9.99. The largest absolute Gasteiger partial charge is 0.285 e. The molecule has 0 spiro atoms. The van der Waals surface area contributed by atoms with E-state index in [0.717, 1.165) is 24.0 Å². The third-order valence-electron chi connectivity index (χ3n) is 3.45. The minimum atomic E-state index is -0.447. The second-order valence-electron chi connectivity index (χ2n) is 4.76. The van der Waals surface area contributed by atoms with Crippen LogP contribution in [0.1, 0.15) is 45.7 Å². The van der Waals surface area contributed by atoms with E-state index in [1.807, 2.05) is 24.3 Å². The van der Waals surface area contributed by atoms with Gasteiger partial charge in [-0.3, -0.25) is 9.59 Å². The van der Waals surface area contributed by atoms with Crippen molar-refractivity contribution < 1.29 is 9.59 Å². The number of rotatable bonds is 5. The first-order valence-corrected chi connectivity index (χ1v) is 6.92. The Labute approximate surface area is 119 Å². The van der Waals surface area contributed by atoms with E-state index in [9.17, 15) is 9.59 Å². The highest BCUT2D eigenvalue weighted by atomic mass is 16.2. The summed E-state index contributed by atoms with van der Waals surface area (Å²) in [4.78, 5) is 24.3. The van der Waals surface area contributed by atoms with E-state index in [2.05, 4.69) is 13.8 Å². The predicted octanol–water partition coefficient (Wildman–Crippen LogP) is 3.88. The molecule has 2 aromatic rings. The number of hydrogen-bond donors (Lipinski definition) is 0. The van der Waals surface area contributed by atoms with Gasteiger partial charge < -0.3 is 0 Å². The zero-order valence-corrected chi connectivity index (χ0v) is 11.8. The molecule has 102 valence electrons. The Kier molecular flexibility index (Phi) is 4.46. The quantitative estimate of drug-likeness (QED) is 0.608. The van der Waals surface area contributed by atoms with Gasteiger partial charge in [0, 0.05) is 11.1 Å². The molecule has 0 saturated carbocycles. The molecule has 2 rings (SSSR count). The summed E-state index contributed by atoms with van der Waals surface area (Å²) in [5.74, 6) is -0.895. The van der Waals surface area contributed by atoms with Crippen LogP contribution in [0.25, 0.3) is 0 Å². The fourth-order valence-electron chi connectivity index (χ4n) is 2.05. The van der Waals surface area contributed by atoms with Crippen LogP contribution in [0, 0.1) is 0 Å². The Balaban J connectivity index is 2.20. The fourth-order valence-corrected chi connectivity index (χ4v) is 2.05. The maximum absolute atomic E-state index is 12.1. The molecule has 0 amide bonds. The zero-order valence-electron chi connectivity index (χ0n) is 11.8. The number of hydrogen-bond acceptors (Lipinski definition) is 2. The van der Waals surface area contributed by atoms with E-state index in [1.165, 1.54) is 0 Å². The van der Waals surface area contributed by atoms with Crippen molar-refractivity contribution in [3.63, 3.8) is 0 Å². The highest BCUT2D eigenvalue weighted by Crippen LogP contribution is 2.11. The standard InChI is InChI=1S/C18H18O2/c1-3-13-5-9-15(10-6-13)17(19)18(20)16-11-7-14(4-2)8-12-16/h5-12H,3-4H2,1-2H3. The van der Waals surface area contributed by atoms with Gasteiger partial charge in [0.15, 0.2) is 0 Å². The van der Waals surface area contributed by atoms with Gasteiger partial charge in [0.05, 0.1) is 0 Å². The fraction of sp³-hybridized carbons (Fsp3) is 0.222. The molecular formula is C18H18O2. The van der Waals surface area contributed by atoms with Crippen molar-refractivity contribution >= 4 is 11.6 Å². The maximum Gasteiger partial charge on any atom is 0.233 e. The van der Waals surface area contributed by atoms with Gasteiger partial charge in [0.2, 0.25) is 11.6 Å². The molecule has 0 radical (unpaired) electrons. The van der Waals surface area contributed by atoms with E-state index in [0.29, 0.717) is 11.1 Å². The Morgan fingerprint density at radius 1 is 0.650 bits per heavy atom. The number of carbonyl (C=O) groups is 2. The SMILES string of the molecule is CCc1ccc(C(=O)C(=O)c2ccc(CC)cc2)cc1. The summed E-state index contributed by atoms with van der Waals surface area (Å²) in [7, 11) is 0. The first-order chi connectivity index (χ1) is 9.65. The van der Waals surface area contributed by atoms with Crippen molar-refractivity contribution in [1.29, 1.82) is 0 Å². The molecular weight excluding hydrogens is 248 g/mol. The monoisotopic (exact) mass is 266 g/mol. The summed E-state index contributed by atoms with van der Waals surface area (Å²) in [6.07, 6.45) is 1.84. The number of ketones is 2. The molecule has 0 aliphatic rings. The number of Topliss-reactive ketones (excluding diaryl/α,β-unsaturated/α-hetero) is 2. The number of aryl methyl sites for hydroxylation is 2. The molecule has 0 fully saturated rings. The summed E-state index contributed by atoms with van der Waals surface area (Å²) >= 11 is 0. The molecule has 0 aliphatic heterocycles. The Morgan fingerprint density at radius 3 is 1.20 bits per heavy atom. The summed E-state index contributed by atoms with van der Waals surface area (Å²) in [5.41, 5.74) is 3.21. The summed E-state index contributed by atoms with van der Waals surface area (Å²) in [6, 6.07) is 14.4. The molecule has 2 aromatic carbocycles. The average molecular weight is 266 g/mol. The maximum atomic E-state index is 12.1. The Hall–Kier alpha value is -2.22. The van der Waals surface area contributed by atoms with E-state index in [-0.39, 0.29) is 0 Å². The van der Waals surface area contributed by atoms with Crippen molar-refractivity contribution in [1.82, 2.24) is 0 Å². The second kappa shape index (κ2) is 6.29. The summed E-state index contributed by atoms with van der Waals surface area (Å²) in [6.45, 7) is 4.11. The van der Waals surface area contributed by atoms with Gasteiger partial charge in [-0.15, -0.1) is 0 Å². The number of benzene rings is 2. The molecule has 0 heterocycles. The van der Waals surface area contributed by atoms with Crippen LogP contribution in [0.15, 0.2) is 48.5 Å². The van der Waals surface area contributed by atoms with Crippen LogP contribution in [0.3, 0.4) is 0 Å². The Bertz CT molecular complexity index is 549. The van der Waals surface area contributed by atoms with E-state index in [4.69, 9.17) is 0 Å². The molecule has 2 nitrogen and oxygen atoms in total. The van der Waals surface area contributed by atoms with Gasteiger partial charge in [-0.25, -0.2) is 0 Å². The lowest BCUT2D eigenvalue weighted by molar-refractivity contribution is 0.0817. The second-order valence-corrected chi connectivity index (χ2v) is 4.76. The van der Waals surface area contributed by atoms with Gasteiger partial charge in [0.1, 0.15) is 0 Å². The molecule has 0 unspecified atom stereocenters. The first kappa shape index (κ1) is 14.2. The smallest absolute Gasteiger partial charge is 0.233 e. The Morgan fingerprint density at radius 2 is 0.950 bits per heavy atom. The van der Waals surface area contributed by atoms with E-state index in [1.54, 1.807) is 24.3 Å². The van der Waals surface area contributed by atoms with E-state index < -0.39 is 11.6 Å². The van der Waals surface area contributed by atoms with Crippen LogP contribution >= 0.6 is 0 Å². The molecule has 0 aliphatic carbocycles. The summed E-state index contributed by atoms with van der Waals surface area (Å²) in [5, 5.41) is 0. The minimum absolute atomic E-state index is 0.447. The topological polar surface area (TPSA) is 34.1 Å². The predicted molar refractivity (Wildman–Crippen MR) is 80.3 cm³/mol. The van der Waals surface area contributed by atoms with Crippen molar-refractivity contribution in [3.8, 4) is 0 Å². The minimum Gasteiger partial charge on any atom is -0.285 e. The van der Waals surface area contributed by atoms with Crippen molar-refractivity contribution in [2.45, 2.75) is 26.7 Å². The van der Waals surface area contributed by atoms with Gasteiger partial charge in [-0.1, -0.05) is 62.4 Å².